The van der Waals surface area contributed by atoms with Crippen molar-refractivity contribution >= 4 is 0 Å². The Bertz CT molecular complexity index is 367. The summed E-state index contributed by atoms with van der Waals surface area (Å²) in [6.45, 7) is 4.30. The van der Waals surface area contributed by atoms with E-state index in [9.17, 15) is 5.11 Å². The third-order valence-electron chi connectivity index (χ3n) is 3.92. The summed E-state index contributed by atoms with van der Waals surface area (Å²) in [4.78, 5) is 0. The highest BCUT2D eigenvalue weighted by atomic mass is 16.5. The van der Waals surface area contributed by atoms with Gasteiger partial charge in [0.15, 0.2) is 0 Å². The van der Waals surface area contributed by atoms with E-state index in [0.29, 0.717) is 6.10 Å². The molecule has 0 spiro atoms. The van der Waals surface area contributed by atoms with Crippen molar-refractivity contribution in [2.24, 2.45) is 5.92 Å². The fourth-order valence-corrected chi connectivity index (χ4v) is 2.61. The molecule has 1 aromatic carbocycles. The fraction of sp³-hybridized carbons (Fsp3) is 0.625. The van der Waals surface area contributed by atoms with Gasteiger partial charge in [0.1, 0.15) is 5.75 Å². The lowest BCUT2D eigenvalue weighted by Crippen LogP contribution is -2.23. The lowest BCUT2D eigenvalue weighted by atomic mass is 9.89. The highest BCUT2D eigenvalue weighted by molar-refractivity contribution is 5.35. The second kappa shape index (κ2) is 6.24. The Morgan fingerprint density at radius 2 is 1.89 bits per heavy atom. The molecule has 0 bridgehead atoms. The van der Waals surface area contributed by atoms with E-state index < -0.39 is 6.10 Å². The maximum Gasteiger partial charge on any atom is 0.125 e. The first-order valence-electron chi connectivity index (χ1n) is 7.14. The standard InChI is InChI=1S/C16H24O2/c1-3-15(17)14-6-4-5-7-16(14)18-13-10-8-12(2)9-11-13/h4-7,12-13,15,17H,3,8-11H2,1-2H3. The van der Waals surface area contributed by atoms with Crippen LogP contribution in [0.4, 0.5) is 0 Å². The summed E-state index contributed by atoms with van der Waals surface area (Å²) in [6, 6.07) is 7.89. The van der Waals surface area contributed by atoms with Crippen molar-refractivity contribution in [3.05, 3.63) is 29.8 Å². The number of aliphatic hydroxyl groups excluding tert-OH is 1. The van der Waals surface area contributed by atoms with E-state index >= 15 is 0 Å². The SMILES string of the molecule is CCC(O)c1ccccc1OC1CCC(C)CC1. The Balaban J connectivity index is 2.04. The second-order valence-corrected chi connectivity index (χ2v) is 5.46. The Morgan fingerprint density at radius 3 is 2.56 bits per heavy atom. The van der Waals surface area contributed by atoms with Crippen LogP contribution in [-0.2, 0) is 0 Å². The molecular weight excluding hydrogens is 224 g/mol. The molecule has 1 unspecified atom stereocenters. The monoisotopic (exact) mass is 248 g/mol. The summed E-state index contributed by atoms with van der Waals surface area (Å²) in [5, 5.41) is 10.0. The first kappa shape index (κ1) is 13.4. The zero-order chi connectivity index (χ0) is 13.0. The molecule has 0 amide bonds. The van der Waals surface area contributed by atoms with Gasteiger partial charge in [-0.15, -0.1) is 0 Å². The van der Waals surface area contributed by atoms with Crippen LogP contribution in [-0.4, -0.2) is 11.2 Å². The van der Waals surface area contributed by atoms with Gasteiger partial charge in [0.05, 0.1) is 12.2 Å². The Hall–Kier alpha value is -1.02. The van der Waals surface area contributed by atoms with Gasteiger partial charge in [-0.25, -0.2) is 0 Å². The maximum absolute atomic E-state index is 10.0. The van der Waals surface area contributed by atoms with Gasteiger partial charge >= 0.3 is 0 Å². The minimum absolute atomic E-state index is 0.325. The van der Waals surface area contributed by atoms with Crippen LogP contribution in [0.25, 0.3) is 0 Å². The van der Waals surface area contributed by atoms with E-state index in [1.165, 1.54) is 12.8 Å². The molecular formula is C16H24O2. The smallest absolute Gasteiger partial charge is 0.125 e. The quantitative estimate of drug-likeness (QED) is 0.869. The van der Waals surface area contributed by atoms with E-state index in [1.807, 2.05) is 31.2 Å². The molecule has 1 N–H and O–H groups in total. The van der Waals surface area contributed by atoms with Crippen LogP contribution in [0.15, 0.2) is 24.3 Å². The molecule has 1 saturated carbocycles. The molecule has 0 heterocycles. The van der Waals surface area contributed by atoms with Gasteiger partial charge in [0.25, 0.3) is 0 Å². The molecule has 1 aromatic rings. The molecule has 2 nitrogen and oxygen atoms in total. The average Bonchev–Trinajstić information content (AvgIpc) is 2.41. The van der Waals surface area contributed by atoms with Crippen LogP contribution >= 0.6 is 0 Å². The molecule has 2 heteroatoms. The summed E-state index contributed by atoms with van der Waals surface area (Å²) in [6.07, 6.45) is 5.42. The number of para-hydroxylation sites is 1. The second-order valence-electron chi connectivity index (χ2n) is 5.46. The van der Waals surface area contributed by atoms with Gasteiger partial charge in [-0.3, -0.25) is 0 Å². The summed E-state index contributed by atoms with van der Waals surface area (Å²) >= 11 is 0. The van der Waals surface area contributed by atoms with Crippen molar-refractivity contribution < 1.29 is 9.84 Å². The van der Waals surface area contributed by atoms with E-state index in [0.717, 1.165) is 36.5 Å². The van der Waals surface area contributed by atoms with E-state index in [1.54, 1.807) is 0 Å². The van der Waals surface area contributed by atoms with Gasteiger partial charge in [0, 0.05) is 5.56 Å². The first-order chi connectivity index (χ1) is 8.70. The predicted molar refractivity (Wildman–Crippen MR) is 73.7 cm³/mol. The number of rotatable bonds is 4. The largest absolute Gasteiger partial charge is 0.490 e. The van der Waals surface area contributed by atoms with Crippen LogP contribution in [0.5, 0.6) is 5.75 Å². The number of benzene rings is 1. The molecule has 0 saturated heterocycles. The molecule has 100 valence electrons. The maximum atomic E-state index is 10.0. The lowest BCUT2D eigenvalue weighted by molar-refractivity contribution is 0.123. The summed E-state index contributed by atoms with van der Waals surface area (Å²) < 4.78 is 6.10. The zero-order valence-electron chi connectivity index (χ0n) is 11.4. The van der Waals surface area contributed by atoms with Gasteiger partial charge in [-0.2, -0.15) is 0 Å². The van der Waals surface area contributed by atoms with Crippen molar-refractivity contribution in [3.8, 4) is 5.75 Å². The summed E-state index contributed by atoms with van der Waals surface area (Å²) in [5.74, 6) is 1.70. The molecule has 1 aliphatic rings. The molecule has 18 heavy (non-hydrogen) atoms. The fourth-order valence-electron chi connectivity index (χ4n) is 2.61. The highest BCUT2D eigenvalue weighted by Crippen LogP contribution is 2.31. The van der Waals surface area contributed by atoms with Crippen molar-refractivity contribution in [1.82, 2.24) is 0 Å². The van der Waals surface area contributed by atoms with Crippen molar-refractivity contribution in [3.63, 3.8) is 0 Å². The van der Waals surface area contributed by atoms with Gasteiger partial charge in [-0.1, -0.05) is 32.0 Å². The van der Waals surface area contributed by atoms with Crippen molar-refractivity contribution in [2.75, 3.05) is 0 Å². The van der Waals surface area contributed by atoms with Crippen molar-refractivity contribution in [2.45, 2.75) is 58.2 Å². The van der Waals surface area contributed by atoms with E-state index in [4.69, 9.17) is 4.74 Å². The lowest BCUT2D eigenvalue weighted by Gasteiger charge is -2.28. The van der Waals surface area contributed by atoms with Crippen LogP contribution in [0.1, 0.15) is 57.6 Å². The highest BCUT2D eigenvalue weighted by Gasteiger charge is 2.21. The molecule has 1 aliphatic carbocycles. The Kier molecular flexibility index (Phi) is 4.65. The van der Waals surface area contributed by atoms with Gasteiger partial charge in [-0.05, 0) is 44.1 Å². The van der Waals surface area contributed by atoms with Crippen LogP contribution in [0.2, 0.25) is 0 Å². The number of hydrogen-bond acceptors (Lipinski definition) is 2. The molecule has 1 atom stereocenters. The van der Waals surface area contributed by atoms with Crippen molar-refractivity contribution in [1.29, 1.82) is 0 Å². The minimum Gasteiger partial charge on any atom is -0.490 e. The van der Waals surface area contributed by atoms with Crippen LogP contribution in [0.3, 0.4) is 0 Å². The zero-order valence-corrected chi connectivity index (χ0v) is 11.4. The van der Waals surface area contributed by atoms with Crippen LogP contribution < -0.4 is 4.74 Å². The third kappa shape index (κ3) is 3.26. The number of ether oxygens (including phenoxy) is 1. The van der Waals surface area contributed by atoms with E-state index in [-0.39, 0.29) is 0 Å². The van der Waals surface area contributed by atoms with Gasteiger partial charge < -0.3 is 9.84 Å². The molecule has 0 radical (unpaired) electrons. The molecule has 2 rings (SSSR count). The van der Waals surface area contributed by atoms with Gasteiger partial charge in [0.2, 0.25) is 0 Å². The Morgan fingerprint density at radius 1 is 1.22 bits per heavy atom. The normalized spacial score (nSPS) is 25.7. The number of aliphatic hydroxyl groups is 1. The topological polar surface area (TPSA) is 29.5 Å². The average molecular weight is 248 g/mol. The summed E-state index contributed by atoms with van der Waals surface area (Å²) in [7, 11) is 0. The first-order valence-corrected chi connectivity index (χ1v) is 7.14. The molecule has 0 aromatic heterocycles. The third-order valence-corrected chi connectivity index (χ3v) is 3.92. The molecule has 1 fully saturated rings. The Labute approximate surface area is 110 Å². The van der Waals surface area contributed by atoms with E-state index in [2.05, 4.69) is 6.92 Å². The predicted octanol–water partition coefficient (Wildman–Crippen LogP) is 4.09. The molecule has 0 aliphatic heterocycles. The van der Waals surface area contributed by atoms with Crippen LogP contribution in [0, 0.1) is 5.92 Å². The minimum atomic E-state index is -0.413. The summed E-state index contributed by atoms with van der Waals surface area (Å²) in [5.41, 5.74) is 0.929. The number of hydrogen-bond donors (Lipinski definition) is 1.